The minimum absolute atomic E-state index is 0.595. The Morgan fingerprint density at radius 2 is 1.80 bits per heavy atom. The van der Waals surface area contributed by atoms with Gasteiger partial charge in [0.2, 0.25) is 5.89 Å². The second-order valence-corrected chi connectivity index (χ2v) is 7.20. The highest BCUT2D eigenvalue weighted by Crippen LogP contribution is 2.40. The van der Waals surface area contributed by atoms with Gasteiger partial charge in [0.25, 0.3) is 0 Å². The molecule has 3 rings (SSSR count). The zero-order chi connectivity index (χ0) is 14.4. The molecule has 3 nitrogen and oxygen atoms in total. The maximum atomic E-state index is 6.04. The molecule has 0 aliphatic rings. The monoisotopic (exact) mass is 506 g/mol. The zero-order valence-corrected chi connectivity index (χ0v) is 15.7. The number of hydrogen-bond donors (Lipinski definition) is 1. The number of fused-ring (bicyclic) bond motifs is 1. The van der Waals surface area contributed by atoms with E-state index in [1.54, 1.807) is 0 Å². The first kappa shape index (κ1) is 14.3. The van der Waals surface area contributed by atoms with Crippen LogP contribution in [-0.2, 0) is 0 Å². The Morgan fingerprint density at radius 3 is 2.45 bits per heavy atom. The quantitative estimate of drug-likeness (QED) is 0.349. The van der Waals surface area contributed by atoms with Gasteiger partial charge in [0.1, 0.15) is 5.52 Å². The first-order chi connectivity index (χ1) is 9.49. The van der Waals surface area contributed by atoms with Crippen LogP contribution < -0.4 is 5.73 Å². The van der Waals surface area contributed by atoms with Crippen molar-refractivity contribution in [2.24, 2.45) is 0 Å². The number of benzene rings is 2. The maximum absolute atomic E-state index is 6.04. The van der Waals surface area contributed by atoms with Crippen molar-refractivity contribution in [3.63, 3.8) is 0 Å². The first-order valence-electron chi connectivity index (χ1n) is 5.78. The highest BCUT2D eigenvalue weighted by atomic mass is 127. The number of nitrogen functional groups attached to an aromatic ring is 1. The molecule has 0 atom stereocenters. The maximum Gasteiger partial charge on any atom is 0.227 e. The van der Waals surface area contributed by atoms with Crippen molar-refractivity contribution in [1.82, 2.24) is 4.98 Å². The van der Waals surface area contributed by atoms with Crippen molar-refractivity contribution < 1.29 is 4.42 Å². The van der Waals surface area contributed by atoms with Gasteiger partial charge in [0.15, 0.2) is 5.58 Å². The molecule has 0 spiro atoms. The summed E-state index contributed by atoms with van der Waals surface area (Å²) in [6, 6.07) is 8.04. The first-order valence-corrected chi connectivity index (χ1v) is 8.45. The molecule has 0 unspecified atom stereocenters. The number of anilines is 1. The van der Waals surface area contributed by atoms with Crippen LogP contribution >= 0.6 is 54.5 Å². The van der Waals surface area contributed by atoms with Crippen LogP contribution in [0.4, 0.5) is 5.69 Å². The second-order valence-electron chi connectivity index (χ2n) is 4.37. The summed E-state index contributed by atoms with van der Waals surface area (Å²) in [4.78, 5) is 4.56. The number of nitrogens with two attached hydrogens (primary N) is 1. The molecule has 0 aliphatic heterocycles. The van der Waals surface area contributed by atoms with Crippen LogP contribution in [0.2, 0.25) is 0 Å². The van der Waals surface area contributed by atoms with Gasteiger partial charge < -0.3 is 10.2 Å². The molecule has 0 saturated heterocycles. The lowest BCUT2D eigenvalue weighted by atomic mass is 10.2. The van der Waals surface area contributed by atoms with Gasteiger partial charge in [-0.05, 0) is 85.6 Å². The third-order valence-corrected chi connectivity index (χ3v) is 5.61. The number of hydrogen-bond acceptors (Lipinski definition) is 3. The van der Waals surface area contributed by atoms with Crippen molar-refractivity contribution in [2.45, 2.75) is 6.92 Å². The summed E-state index contributed by atoms with van der Waals surface area (Å²) in [5.74, 6) is 0.595. The molecular weight excluding hydrogens is 499 g/mol. The lowest BCUT2D eigenvalue weighted by Gasteiger charge is -2.05. The summed E-state index contributed by atoms with van der Waals surface area (Å²) in [6.07, 6.45) is 0. The molecule has 0 fully saturated rings. The molecule has 1 heterocycles. The van der Waals surface area contributed by atoms with E-state index in [0.717, 1.165) is 31.2 Å². The fraction of sp³-hybridized carbons (Fsp3) is 0.0714. The topological polar surface area (TPSA) is 52.0 Å². The Morgan fingerprint density at radius 1 is 1.15 bits per heavy atom. The number of halogens is 3. The fourth-order valence-corrected chi connectivity index (χ4v) is 3.44. The summed E-state index contributed by atoms with van der Waals surface area (Å²) in [5, 5.41) is 0. The van der Waals surface area contributed by atoms with Gasteiger partial charge in [-0.1, -0.05) is 0 Å². The largest absolute Gasteiger partial charge is 0.436 e. The molecule has 20 heavy (non-hydrogen) atoms. The molecule has 0 radical (unpaired) electrons. The Bertz CT molecular complexity index is 767. The highest BCUT2D eigenvalue weighted by molar-refractivity contribution is 14.1. The average molecular weight is 508 g/mol. The molecule has 3 aromatic rings. The lowest BCUT2D eigenvalue weighted by Crippen LogP contribution is -1.92. The van der Waals surface area contributed by atoms with Crippen molar-refractivity contribution in [2.75, 3.05) is 5.73 Å². The summed E-state index contributed by atoms with van der Waals surface area (Å²) in [5.41, 5.74) is 10.1. The van der Waals surface area contributed by atoms with Crippen LogP contribution in [0, 0.1) is 10.5 Å². The Balaban J connectivity index is 2.28. The average Bonchev–Trinajstić information content (AvgIpc) is 2.89. The van der Waals surface area contributed by atoms with E-state index in [9.17, 15) is 0 Å². The van der Waals surface area contributed by atoms with E-state index < -0.39 is 0 Å². The molecule has 0 bridgehead atoms. The standard InChI is InChI=1S/C14H9Br2IN2O/c1-6-9(15)11(18)10(16)12-13(6)20-14(19-12)7-2-4-8(17)5-3-7/h2-5H,18H2,1H3. The SMILES string of the molecule is Cc1c(Br)c(N)c(Br)c2nc(-c3ccc(I)cc3)oc12. The smallest absolute Gasteiger partial charge is 0.227 e. The van der Waals surface area contributed by atoms with E-state index in [1.807, 2.05) is 31.2 Å². The minimum atomic E-state index is 0.595. The van der Waals surface area contributed by atoms with Gasteiger partial charge in [0.05, 0.1) is 10.2 Å². The van der Waals surface area contributed by atoms with Gasteiger partial charge in [-0.2, -0.15) is 0 Å². The number of oxazole rings is 1. The van der Waals surface area contributed by atoms with Gasteiger partial charge in [-0.3, -0.25) is 0 Å². The Labute approximate surface area is 146 Å². The molecule has 0 aliphatic carbocycles. The van der Waals surface area contributed by atoms with Gasteiger partial charge >= 0.3 is 0 Å². The Hall–Kier alpha value is -0.600. The van der Waals surface area contributed by atoms with Crippen LogP contribution in [0.25, 0.3) is 22.6 Å². The van der Waals surface area contributed by atoms with Crippen LogP contribution in [0.5, 0.6) is 0 Å². The van der Waals surface area contributed by atoms with Gasteiger partial charge in [-0.25, -0.2) is 4.98 Å². The molecule has 1 aromatic heterocycles. The number of rotatable bonds is 1. The van der Waals surface area contributed by atoms with Crippen LogP contribution in [0.1, 0.15) is 5.56 Å². The van der Waals surface area contributed by atoms with Crippen molar-refractivity contribution in [3.05, 3.63) is 42.3 Å². The molecular formula is C14H9Br2IN2O. The van der Waals surface area contributed by atoms with E-state index in [0.29, 0.717) is 11.6 Å². The summed E-state index contributed by atoms with van der Waals surface area (Å²) >= 11 is 9.24. The summed E-state index contributed by atoms with van der Waals surface area (Å²) < 4.78 is 8.68. The summed E-state index contributed by atoms with van der Waals surface area (Å²) in [7, 11) is 0. The second kappa shape index (κ2) is 5.31. The van der Waals surface area contributed by atoms with E-state index in [-0.39, 0.29) is 0 Å². The number of nitrogens with zero attached hydrogens (tertiary/aromatic N) is 1. The molecule has 102 valence electrons. The molecule has 6 heteroatoms. The van der Waals surface area contributed by atoms with E-state index >= 15 is 0 Å². The molecule has 0 amide bonds. The molecule has 0 saturated carbocycles. The van der Waals surface area contributed by atoms with Crippen molar-refractivity contribution in [1.29, 1.82) is 0 Å². The third kappa shape index (κ3) is 2.27. The van der Waals surface area contributed by atoms with Crippen LogP contribution in [0.15, 0.2) is 37.6 Å². The van der Waals surface area contributed by atoms with Crippen LogP contribution in [-0.4, -0.2) is 4.98 Å². The fourth-order valence-electron chi connectivity index (χ4n) is 1.96. The van der Waals surface area contributed by atoms with Gasteiger partial charge in [0, 0.05) is 19.2 Å². The zero-order valence-electron chi connectivity index (χ0n) is 10.4. The number of aromatic nitrogens is 1. The van der Waals surface area contributed by atoms with E-state index in [1.165, 1.54) is 3.57 Å². The Kier molecular flexibility index (Phi) is 3.81. The molecule has 2 aromatic carbocycles. The predicted octanol–water partition coefficient (Wildman–Crippen LogP) is 5.52. The highest BCUT2D eigenvalue weighted by Gasteiger charge is 2.18. The normalized spacial score (nSPS) is 11.2. The van der Waals surface area contributed by atoms with Gasteiger partial charge in [-0.15, -0.1) is 0 Å². The van der Waals surface area contributed by atoms with Crippen molar-refractivity contribution in [3.8, 4) is 11.5 Å². The number of aryl methyl sites for hydroxylation is 1. The minimum Gasteiger partial charge on any atom is -0.436 e. The third-order valence-electron chi connectivity index (χ3n) is 3.07. The molecule has 2 N–H and O–H groups in total. The van der Waals surface area contributed by atoms with E-state index in [2.05, 4.69) is 59.4 Å². The summed E-state index contributed by atoms with van der Waals surface area (Å²) in [6.45, 7) is 1.96. The predicted molar refractivity (Wildman–Crippen MR) is 96.7 cm³/mol. The van der Waals surface area contributed by atoms with Crippen LogP contribution in [0.3, 0.4) is 0 Å². The van der Waals surface area contributed by atoms with E-state index in [4.69, 9.17) is 10.2 Å². The lowest BCUT2D eigenvalue weighted by molar-refractivity contribution is 0.617. The van der Waals surface area contributed by atoms with Crippen molar-refractivity contribution >= 4 is 71.2 Å².